The molecule has 1 aliphatic heterocycles. The molecule has 0 saturated carbocycles. The number of carboxylic acids is 1. The van der Waals surface area contributed by atoms with Crippen LogP contribution >= 0.6 is 0 Å². The fraction of sp³-hybridized carbons (Fsp3) is 0. The number of hydrogen-bond donors (Lipinski definition) is 2. The van der Waals surface area contributed by atoms with Gasteiger partial charge < -0.3 is 10.1 Å². The Morgan fingerprint density at radius 3 is 2.60 bits per heavy atom. The molecule has 0 aliphatic carbocycles. The first-order valence-electron chi connectivity index (χ1n) is 5.95. The van der Waals surface area contributed by atoms with E-state index in [1.807, 2.05) is 0 Å². The van der Waals surface area contributed by atoms with Gasteiger partial charge in [-0.2, -0.15) is 0 Å². The number of carbonyl (C=O) groups is 1. The fourth-order valence-corrected chi connectivity index (χ4v) is 2.18. The number of nitrogens with zero attached hydrogens (tertiary/aromatic N) is 1. The number of carboxylic acid groups (broad SMARTS) is 1. The van der Waals surface area contributed by atoms with E-state index in [4.69, 9.17) is 5.11 Å². The molecule has 4 nitrogen and oxygen atoms in total. The lowest BCUT2D eigenvalue weighted by atomic mass is 10.1. The minimum atomic E-state index is -1.03. The number of benzene rings is 1. The molecule has 0 atom stereocenters. The number of nitrogens with one attached hydrogen (secondary N) is 1. The zero-order chi connectivity index (χ0) is 14.3. The number of anilines is 2. The van der Waals surface area contributed by atoms with E-state index in [2.05, 4.69) is 11.6 Å². The van der Waals surface area contributed by atoms with Gasteiger partial charge in [0.1, 0.15) is 17.3 Å². The van der Waals surface area contributed by atoms with Crippen molar-refractivity contribution < 1.29 is 14.3 Å². The third-order valence-corrected chi connectivity index (χ3v) is 3.11. The highest BCUT2D eigenvalue weighted by Crippen LogP contribution is 2.36. The minimum Gasteiger partial charge on any atom is -0.477 e. The molecule has 1 aromatic heterocycles. The quantitative estimate of drug-likeness (QED) is 0.877. The highest BCUT2D eigenvalue weighted by molar-refractivity contribution is 5.91. The van der Waals surface area contributed by atoms with Crippen LogP contribution in [-0.2, 0) is 0 Å². The monoisotopic (exact) mass is 270 g/mol. The van der Waals surface area contributed by atoms with Gasteiger partial charge in [0.2, 0.25) is 0 Å². The van der Waals surface area contributed by atoms with Crippen molar-refractivity contribution in [2.75, 3.05) is 4.90 Å². The minimum absolute atomic E-state index is 0.0986. The van der Waals surface area contributed by atoms with Crippen LogP contribution in [0.3, 0.4) is 0 Å². The van der Waals surface area contributed by atoms with Gasteiger partial charge in [-0.1, -0.05) is 6.58 Å². The summed E-state index contributed by atoms with van der Waals surface area (Å²) in [6, 6.07) is 7.48. The Labute approximate surface area is 114 Å². The van der Waals surface area contributed by atoms with Crippen molar-refractivity contribution >= 4 is 23.6 Å². The van der Waals surface area contributed by atoms with Crippen molar-refractivity contribution in [1.82, 2.24) is 4.98 Å². The maximum absolute atomic E-state index is 13.0. The summed E-state index contributed by atoms with van der Waals surface area (Å²) in [5.74, 6) is -0.746. The molecular weight excluding hydrogens is 259 g/mol. The fourth-order valence-electron chi connectivity index (χ4n) is 2.18. The van der Waals surface area contributed by atoms with Gasteiger partial charge in [0, 0.05) is 16.9 Å². The largest absolute Gasteiger partial charge is 0.477 e. The number of halogens is 1. The number of aromatic nitrogens is 1. The molecule has 0 spiro atoms. The first-order chi connectivity index (χ1) is 9.56. The summed E-state index contributed by atoms with van der Waals surface area (Å²) in [5, 5.41) is 9.05. The average molecular weight is 270 g/mol. The van der Waals surface area contributed by atoms with Gasteiger partial charge in [0.15, 0.2) is 0 Å². The Bertz CT molecular complexity index is 729. The molecule has 20 heavy (non-hydrogen) atoms. The Morgan fingerprint density at radius 1 is 1.25 bits per heavy atom. The number of hydrogen-bond acceptors (Lipinski definition) is 2. The van der Waals surface area contributed by atoms with E-state index in [1.165, 1.54) is 12.1 Å². The lowest BCUT2D eigenvalue weighted by Gasteiger charge is -2.27. The molecule has 0 unspecified atom stereocenters. The maximum atomic E-state index is 13.0. The average Bonchev–Trinajstić information content (AvgIpc) is 2.84. The Morgan fingerprint density at radius 2 is 1.95 bits per heavy atom. The van der Waals surface area contributed by atoms with Crippen LogP contribution in [0, 0.1) is 5.82 Å². The van der Waals surface area contributed by atoms with Gasteiger partial charge in [-0.05, 0) is 42.5 Å². The van der Waals surface area contributed by atoms with Crippen LogP contribution in [-0.4, -0.2) is 16.1 Å². The second-order valence-electron chi connectivity index (χ2n) is 4.43. The number of rotatable bonds is 2. The Hall–Kier alpha value is -2.82. The summed E-state index contributed by atoms with van der Waals surface area (Å²) >= 11 is 0. The van der Waals surface area contributed by atoms with Crippen LogP contribution in [0.5, 0.6) is 0 Å². The molecule has 1 aromatic carbocycles. The van der Waals surface area contributed by atoms with Crippen LogP contribution in [0.15, 0.2) is 48.7 Å². The topological polar surface area (TPSA) is 56.3 Å². The predicted octanol–water partition coefficient (Wildman–Crippen LogP) is 3.53. The predicted molar refractivity (Wildman–Crippen MR) is 74.5 cm³/mol. The number of allylic oxidation sites excluding steroid dienone is 1. The first kappa shape index (κ1) is 12.2. The van der Waals surface area contributed by atoms with E-state index in [0.29, 0.717) is 17.2 Å². The zero-order valence-electron chi connectivity index (χ0n) is 10.4. The third kappa shape index (κ3) is 1.89. The van der Waals surface area contributed by atoms with Crippen molar-refractivity contribution in [1.29, 1.82) is 0 Å². The van der Waals surface area contributed by atoms with Crippen LogP contribution in [0.4, 0.5) is 15.9 Å². The molecule has 2 N–H and O–H groups in total. The summed E-state index contributed by atoms with van der Waals surface area (Å²) in [4.78, 5) is 15.6. The zero-order valence-corrected chi connectivity index (χ0v) is 10.4. The van der Waals surface area contributed by atoms with Gasteiger partial charge >= 0.3 is 5.97 Å². The van der Waals surface area contributed by atoms with Crippen molar-refractivity contribution in [2.45, 2.75) is 0 Å². The highest BCUT2D eigenvalue weighted by atomic mass is 19.1. The molecule has 0 amide bonds. The third-order valence-electron chi connectivity index (χ3n) is 3.11. The molecule has 1 aliphatic rings. The van der Waals surface area contributed by atoms with Crippen LogP contribution in [0.1, 0.15) is 16.1 Å². The SMILES string of the molecule is C=C1C=Cc2cc(C(=O)O)[nH]c2N1c1ccc(F)cc1. The van der Waals surface area contributed by atoms with E-state index in [1.54, 1.807) is 35.3 Å². The van der Waals surface area contributed by atoms with Gasteiger partial charge in [0.25, 0.3) is 0 Å². The van der Waals surface area contributed by atoms with Gasteiger partial charge in [-0.3, -0.25) is 4.90 Å². The Kier molecular flexibility index (Phi) is 2.68. The molecule has 0 radical (unpaired) electrons. The second-order valence-corrected chi connectivity index (χ2v) is 4.43. The molecule has 5 heteroatoms. The molecule has 3 rings (SSSR count). The number of aromatic amines is 1. The first-order valence-corrected chi connectivity index (χ1v) is 5.95. The molecule has 100 valence electrons. The lowest BCUT2D eigenvalue weighted by Crippen LogP contribution is -2.17. The van der Waals surface area contributed by atoms with Crippen LogP contribution in [0.25, 0.3) is 6.08 Å². The number of aromatic carboxylic acids is 1. The van der Waals surface area contributed by atoms with Crippen LogP contribution in [0.2, 0.25) is 0 Å². The molecule has 0 fully saturated rings. The van der Waals surface area contributed by atoms with Crippen LogP contribution < -0.4 is 4.90 Å². The smallest absolute Gasteiger partial charge is 0.352 e. The Balaban J connectivity index is 2.12. The lowest BCUT2D eigenvalue weighted by molar-refractivity contribution is 0.0691. The van der Waals surface area contributed by atoms with E-state index in [9.17, 15) is 9.18 Å². The summed E-state index contributed by atoms with van der Waals surface area (Å²) in [6.07, 6.45) is 3.58. The number of fused-ring (bicyclic) bond motifs is 1. The van der Waals surface area contributed by atoms with Crippen molar-refractivity contribution in [2.24, 2.45) is 0 Å². The maximum Gasteiger partial charge on any atom is 0.352 e. The van der Waals surface area contributed by atoms with E-state index >= 15 is 0 Å². The van der Waals surface area contributed by atoms with Gasteiger partial charge in [-0.25, -0.2) is 9.18 Å². The molecule has 2 heterocycles. The van der Waals surface area contributed by atoms with Gasteiger partial charge in [-0.15, -0.1) is 0 Å². The van der Waals surface area contributed by atoms with Crippen molar-refractivity contribution in [3.05, 3.63) is 65.8 Å². The number of H-pyrrole nitrogens is 1. The summed E-state index contributed by atoms with van der Waals surface area (Å²) in [6.45, 7) is 3.93. The second kappa shape index (κ2) is 4.38. The van der Waals surface area contributed by atoms with E-state index in [-0.39, 0.29) is 11.5 Å². The van der Waals surface area contributed by atoms with E-state index in [0.717, 1.165) is 5.56 Å². The van der Waals surface area contributed by atoms with Crippen molar-refractivity contribution in [3.8, 4) is 0 Å². The molecule has 0 saturated heterocycles. The summed E-state index contributed by atoms with van der Waals surface area (Å²) in [7, 11) is 0. The molecule has 0 bridgehead atoms. The highest BCUT2D eigenvalue weighted by Gasteiger charge is 2.22. The standard InChI is InChI=1S/C15H11FN2O2/c1-9-2-3-10-8-13(15(19)20)17-14(10)18(9)12-6-4-11(16)5-7-12/h2-8,17H,1H2,(H,19,20). The molecular formula is C15H11FN2O2. The van der Waals surface area contributed by atoms with Gasteiger partial charge in [0.05, 0.1) is 0 Å². The summed E-state index contributed by atoms with van der Waals surface area (Å²) in [5.41, 5.74) is 2.23. The normalized spacial score (nSPS) is 13.4. The van der Waals surface area contributed by atoms with Crippen molar-refractivity contribution in [3.63, 3.8) is 0 Å². The molecule has 2 aromatic rings. The van der Waals surface area contributed by atoms with E-state index < -0.39 is 5.97 Å². The summed E-state index contributed by atoms with van der Waals surface area (Å²) < 4.78 is 13.0.